The summed E-state index contributed by atoms with van der Waals surface area (Å²) >= 11 is 0. The van der Waals surface area contributed by atoms with E-state index in [0.29, 0.717) is 31.2 Å². The monoisotopic (exact) mass is 292 g/mol. The highest BCUT2D eigenvalue weighted by molar-refractivity contribution is 5.93. The Morgan fingerprint density at radius 1 is 1.52 bits per heavy atom. The number of benzene rings is 1. The van der Waals surface area contributed by atoms with Crippen LogP contribution in [0.2, 0.25) is 0 Å². The van der Waals surface area contributed by atoms with Gasteiger partial charge in [0.05, 0.1) is 13.2 Å². The molecule has 4 rings (SSSR count). The second-order valence-electron chi connectivity index (χ2n) is 6.27. The van der Waals surface area contributed by atoms with Crippen molar-refractivity contribution in [2.24, 2.45) is 0 Å². The maximum Gasteiger partial charge on any atom is 0.274 e. The quantitative estimate of drug-likeness (QED) is 0.604. The van der Waals surface area contributed by atoms with Crippen molar-refractivity contribution in [3.05, 3.63) is 34.6 Å². The molecule has 0 spiro atoms. The highest BCUT2D eigenvalue weighted by Gasteiger charge is 2.52. The van der Waals surface area contributed by atoms with E-state index in [0.717, 1.165) is 25.0 Å². The van der Waals surface area contributed by atoms with Crippen molar-refractivity contribution in [1.82, 2.24) is 10.4 Å². The maximum atomic E-state index is 14.3. The summed E-state index contributed by atoms with van der Waals surface area (Å²) in [6, 6.07) is 3.27. The smallest absolute Gasteiger partial charge is 0.274 e. The Balaban J connectivity index is 1.77. The molecule has 1 aromatic rings. The van der Waals surface area contributed by atoms with Crippen LogP contribution < -0.4 is 5.48 Å². The number of carbonyl (C=O) groups is 1. The lowest BCUT2D eigenvalue weighted by atomic mass is 9.82. The summed E-state index contributed by atoms with van der Waals surface area (Å²) < 4.78 is 20.0. The molecule has 1 amide bonds. The van der Waals surface area contributed by atoms with Crippen LogP contribution in [0.4, 0.5) is 4.39 Å². The summed E-state index contributed by atoms with van der Waals surface area (Å²) in [5, 5.41) is 8.72. The molecule has 0 unspecified atom stereocenters. The molecule has 3 aliphatic rings. The number of fused-ring (bicyclic) bond motifs is 1. The van der Waals surface area contributed by atoms with Gasteiger partial charge in [-0.05, 0) is 37.0 Å². The fourth-order valence-electron chi connectivity index (χ4n) is 4.12. The SMILES string of the molecule is O=C(NO)c1cc(F)c2c(c1)C[C@@]13CC[C@@H](COC1)N3C2. The average molecular weight is 292 g/mol. The summed E-state index contributed by atoms with van der Waals surface area (Å²) in [7, 11) is 0. The van der Waals surface area contributed by atoms with E-state index in [1.54, 1.807) is 11.5 Å². The van der Waals surface area contributed by atoms with Gasteiger partial charge in [0.15, 0.2) is 0 Å². The Bertz CT molecular complexity index is 617. The van der Waals surface area contributed by atoms with Crippen molar-refractivity contribution in [3.63, 3.8) is 0 Å². The van der Waals surface area contributed by atoms with Gasteiger partial charge in [0.25, 0.3) is 5.91 Å². The second kappa shape index (κ2) is 4.50. The first-order chi connectivity index (χ1) is 10.1. The zero-order chi connectivity index (χ0) is 14.6. The molecule has 21 heavy (non-hydrogen) atoms. The molecule has 2 atom stereocenters. The van der Waals surface area contributed by atoms with Crippen LogP contribution in [0.15, 0.2) is 12.1 Å². The van der Waals surface area contributed by atoms with E-state index in [2.05, 4.69) is 4.90 Å². The minimum absolute atomic E-state index is 0.0450. The van der Waals surface area contributed by atoms with Gasteiger partial charge < -0.3 is 4.74 Å². The first kappa shape index (κ1) is 13.2. The number of nitrogens with one attached hydrogen (secondary N) is 1. The lowest BCUT2D eigenvalue weighted by Gasteiger charge is -2.48. The first-order valence-corrected chi connectivity index (χ1v) is 7.23. The van der Waals surface area contributed by atoms with E-state index in [1.807, 2.05) is 0 Å². The van der Waals surface area contributed by atoms with Gasteiger partial charge >= 0.3 is 0 Å². The molecule has 3 heterocycles. The van der Waals surface area contributed by atoms with Gasteiger partial charge in [0, 0.05) is 29.3 Å². The molecule has 5 nitrogen and oxygen atoms in total. The van der Waals surface area contributed by atoms with Gasteiger partial charge in [0.2, 0.25) is 0 Å². The molecule has 2 saturated heterocycles. The first-order valence-electron chi connectivity index (χ1n) is 7.23. The highest BCUT2D eigenvalue weighted by Crippen LogP contribution is 2.45. The van der Waals surface area contributed by atoms with E-state index in [9.17, 15) is 9.18 Å². The number of nitrogens with zero attached hydrogens (tertiary/aromatic N) is 1. The summed E-state index contributed by atoms with van der Waals surface area (Å²) in [5.41, 5.74) is 3.21. The van der Waals surface area contributed by atoms with E-state index >= 15 is 0 Å². The molecule has 112 valence electrons. The summed E-state index contributed by atoms with van der Waals surface area (Å²) in [6.07, 6.45) is 2.83. The van der Waals surface area contributed by atoms with Gasteiger partial charge in [-0.25, -0.2) is 9.87 Å². The third-order valence-electron chi connectivity index (χ3n) is 5.17. The molecule has 3 aliphatic heterocycles. The molecule has 1 aromatic carbocycles. The number of morpholine rings is 1. The highest BCUT2D eigenvalue weighted by atomic mass is 19.1. The predicted octanol–water partition coefficient (Wildman–Crippen LogP) is 1.23. The van der Waals surface area contributed by atoms with Crippen molar-refractivity contribution in [2.45, 2.75) is 37.4 Å². The lowest BCUT2D eigenvalue weighted by Crippen LogP contribution is -2.58. The fourth-order valence-corrected chi connectivity index (χ4v) is 4.12. The number of rotatable bonds is 1. The Hall–Kier alpha value is -1.50. The van der Waals surface area contributed by atoms with Gasteiger partial charge in [-0.15, -0.1) is 0 Å². The maximum absolute atomic E-state index is 14.3. The minimum atomic E-state index is -0.680. The number of halogens is 1. The third kappa shape index (κ3) is 1.83. The van der Waals surface area contributed by atoms with E-state index in [4.69, 9.17) is 9.94 Å². The standard InChI is InChI=1S/C15H17FN2O3/c16-13-4-9(14(19)17-20)3-10-5-15-2-1-11(7-21-8-15)18(15)6-12(10)13/h3-4,11,20H,1-2,5-8H2,(H,17,19)/t11-,15-/m0/s1. The fraction of sp³-hybridized carbons (Fsp3) is 0.533. The van der Waals surface area contributed by atoms with Crippen LogP contribution in [0.1, 0.15) is 34.3 Å². The van der Waals surface area contributed by atoms with Crippen molar-refractivity contribution in [2.75, 3.05) is 13.2 Å². The number of carbonyl (C=O) groups excluding carboxylic acids is 1. The molecular weight excluding hydrogens is 275 g/mol. The number of hydrogen-bond acceptors (Lipinski definition) is 4. The topological polar surface area (TPSA) is 61.8 Å². The molecular formula is C15H17FN2O3. The van der Waals surface area contributed by atoms with Crippen LogP contribution in [0.5, 0.6) is 0 Å². The second-order valence-corrected chi connectivity index (χ2v) is 6.27. The molecule has 0 radical (unpaired) electrons. The lowest BCUT2D eigenvalue weighted by molar-refractivity contribution is -0.0785. The van der Waals surface area contributed by atoms with Crippen molar-refractivity contribution in [3.8, 4) is 0 Å². The molecule has 0 saturated carbocycles. The largest absolute Gasteiger partial charge is 0.378 e. The van der Waals surface area contributed by atoms with Gasteiger partial charge in [-0.2, -0.15) is 0 Å². The summed E-state index contributed by atoms with van der Waals surface area (Å²) in [4.78, 5) is 13.9. The van der Waals surface area contributed by atoms with E-state index in [-0.39, 0.29) is 16.9 Å². The van der Waals surface area contributed by atoms with Crippen LogP contribution in [0.25, 0.3) is 0 Å². The molecule has 2 N–H and O–H groups in total. The Morgan fingerprint density at radius 2 is 2.38 bits per heavy atom. The zero-order valence-electron chi connectivity index (χ0n) is 11.6. The molecule has 0 aliphatic carbocycles. The minimum Gasteiger partial charge on any atom is -0.378 e. The van der Waals surface area contributed by atoms with Crippen LogP contribution in [-0.2, 0) is 17.7 Å². The number of ether oxygens (including phenoxy) is 1. The molecule has 2 bridgehead atoms. The molecule has 0 aromatic heterocycles. The Kier molecular flexibility index (Phi) is 2.82. The number of hydrogen-bond donors (Lipinski definition) is 2. The third-order valence-corrected chi connectivity index (χ3v) is 5.17. The molecule has 6 heteroatoms. The normalized spacial score (nSPS) is 30.7. The van der Waals surface area contributed by atoms with Crippen LogP contribution in [0, 0.1) is 5.82 Å². The number of hydroxylamine groups is 1. The van der Waals surface area contributed by atoms with Gasteiger partial charge in [-0.1, -0.05) is 0 Å². The zero-order valence-corrected chi connectivity index (χ0v) is 11.6. The van der Waals surface area contributed by atoms with Crippen LogP contribution in [0.3, 0.4) is 0 Å². The van der Waals surface area contributed by atoms with Gasteiger partial charge in [-0.3, -0.25) is 14.9 Å². The van der Waals surface area contributed by atoms with Crippen molar-refractivity contribution in [1.29, 1.82) is 0 Å². The average Bonchev–Trinajstić information content (AvgIpc) is 2.70. The Labute approximate surface area is 121 Å². The Morgan fingerprint density at radius 3 is 3.19 bits per heavy atom. The predicted molar refractivity (Wildman–Crippen MR) is 71.5 cm³/mol. The van der Waals surface area contributed by atoms with E-state index in [1.165, 1.54) is 6.07 Å². The van der Waals surface area contributed by atoms with Crippen molar-refractivity contribution < 1.29 is 19.1 Å². The van der Waals surface area contributed by atoms with Gasteiger partial charge in [0.1, 0.15) is 5.82 Å². The number of amides is 1. The van der Waals surface area contributed by atoms with Crippen LogP contribution in [-0.4, -0.2) is 40.8 Å². The summed E-state index contributed by atoms with van der Waals surface area (Å²) in [5.74, 6) is -1.05. The summed E-state index contributed by atoms with van der Waals surface area (Å²) in [6.45, 7) is 1.97. The van der Waals surface area contributed by atoms with E-state index < -0.39 is 5.91 Å². The van der Waals surface area contributed by atoms with Crippen LogP contribution >= 0.6 is 0 Å². The molecule has 2 fully saturated rings. The van der Waals surface area contributed by atoms with Crippen molar-refractivity contribution >= 4 is 5.91 Å².